The fraction of sp³-hybridized carbons (Fsp3) is 0.400. The Balaban J connectivity index is 3.21. The van der Waals surface area contributed by atoms with Gasteiger partial charge in [-0.3, -0.25) is 0 Å². The van der Waals surface area contributed by atoms with Crippen LogP contribution in [0.2, 0.25) is 0 Å². The molecule has 0 aliphatic carbocycles. The molecule has 84 valence electrons. The van der Waals surface area contributed by atoms with Crippen molar-refractivity contribution in [3.8, 4) is 0 Å². The van der Waals surface area contributed by atoms with E-state index >= 15 is 0 Å². The van der Waals surface area contributed by atoms with E-state index < -0.39 is 19.6 Å². The molecule has 1 aromatic carbocycles. The first kappa shape index (κ1) is 12.9. The number of hydrogen-bond acceptors (Lipinski definition) is 4. The van der Waals surface area contributed by atoms with Crippen LogP contribution in [-0.4, -0.2) is 40.9 Å². The normalized spacial score (nSPS) is 11.7. The first-order valence-corrected chi connectivity index (χ1v) is 9.60. The van der Waals surface area contributed by atoms with Crippen LogP contribution in [0.5, 0.6) is 0 Å². The second-order valence-corrected chi connectivity index (χ2v) is 11.2. The Morgan fingerprint density at radius 2 is 1.60 bits per heavy atom. The summed E-state index contributed by atoms with van der Waals surface area (Å²) in [6.07, 6.45) is 0. The quantitative estimate of drug-likeness (QED) is 0.790. The zero-order chi connectivity index (χ0) is 11.3. The second-order valence-electron chi connectivity index (χ2n) is 3.03. The van der Waals surface area contributed by atoms with Crippen LogP contribution in [0.15, 0.2) is 24.3 Å². The zero-order valence-corrected chi connectivity index (χ0v) is 12.2. The van der Waals surface area contributed by atoms with Crippen molar-refractivity contribution in [1.82, 2.24) is 0 Å². The molecule has 1 aromatic rings. The predicted molar refractivity (Wildman–Crippen MR) is 60.7 cm³/mol. The van der Waals surface area contributed by atoms with E-state index in [1.54, 1.807) is 21.3 Å². The molecular weight excluding hydrogens is 301 g/mol. The van der Waals surface area contributed by atoms with Gasteiger partial charge in [0.2, 0.25) is 0 Å². The summed E-state index contributed by atoms with van der Waals surface area (Å²) in [5.74, 6) is 0. The molecule has 0 heterocycles. The van der Waals surface area contributed by atoms with Crippen molar-refractivity contribution in [1.29, 1.82) is 0 Å². The van der Waals surface area contributed by atoms with Crippen LogP contribution < -0.4 is 9.31 Å². The zero-order valence-electron chi connectivity index (χ0n) is 9.32. The number of benzene rings is 1. The van der Waals surface area contributed by atoms with Crippen LogP contribution in [0.3, 0.4) is 0 Å². The molecule has 0 unspecified atom stereocenters. The SMILES string of the molecule is C[O][Sn]([O]C)([O]C)[c]1ccccc1CN. The molecule has 4 nitrogen and oxygen atoms in total. The Morgan fingerprint density at radius 1 is 1.07 bits per heavy atom. The van der Waals surface area contributed by atoms with Crippen molar-refractivity contribution in [2.45, 2.75) is 6.54 Å². The molecule has 15 heavy (non-hydrogen) atoms. The average molecular weight is 318 g/mol. The van der Waals surface area contributed by atoms with Crippen LogP contribution in [0.1, 0.15) is 5.56 Å². The Labute approximate surface area is 95.8 Å². The third-order valence-corrected chi connectivity index (χ3v) is 10.3. The Bertz CT molecular complexity index is 307. The minimum absolute atomic E-state index is 0.463. The maximum atomic E-state index is 5.68. The van der Waals surface area contributed by atoms with E-state index in [2.05, 4.69) is 0 Å². The maximum absolute atomic E-state index is 5.68. The van der Waals surface area contributed by atoms with Gasteiger partial charge in [0.25, 0.3) is 0 Å². The van der Waals surface area contributed by atoms with E-state index in [0.717, 1.165) is 9.14 Å². The van der Waals surface area contributed by atoms with Gasteiger partial charge in [0.05, 0.1) is 0 Å². The first-order chi connectivity index (χ1) is 7.24. The van der Waals surface area contributed by atoms with Gasteiger partial charge in [0, 0.05) is 0 Å². The topological polar surface area (TPSA) is 53.7 Å². The van der Waals surface area contributed by atoms with Crippen molar-refractivity contribution in [3.63, 3.8) is 0 Å². The Kier molecular flexibility index (Phi) is 5.01. The summed E-state index contributed by atoms with van der Waals surface area (Å²) < 4.78 is 17.4. The number of hydrogen-bond donors (Lipinski definition) is 1. The molecule has 2 N–H and O–H groups in total. The van der Waals surface area contributed by atoms with E-state index in [-0.39, 0.29) is 0 Å². The summed E-state index contributed by atoms with van der Waals surface area (Å²) in [7, 11) is 4.86. The molecule has 0 atom stereocenters. The van der Waals surface area contributed by atoms with Gasteiger partial charge in [-0.2, -0.15) is 0 Å². The third kappa shape index (κ3) is 2.51. The summed E-state index contributed by atoms with van der Waals surface area (Å²) in [6.45, 7) is 0.463. The second kappa shape index (κ2) is 5.81. The molecule has 5 heteroatoms. The molecule has 1 rings (SSSR count). The van der Waals surface area contributed by atoms with Crippen LogP contribution in [0, 0.1) is 0 Å². The molecule has 0 aliphatic heterocycles. The molecule has 0 fully saturated rings. The molecule has 0 saturated carbocycles. The van der Waals surface area contributed by atoms with Gasteiger partial charge < -0.3 is 0 Å². The fourth-order valence-corrected chi connectivity index (χ4v) is 7.40. The van der Waals surface area contributed by atoms with Gasteiger partial charge in [-0.25, -0.2) is 0 Å². The number of nitrogens with two attached hydrogens (primary N) is 1. The van der Waals surface area contributed by atoms with E-state index in [4.69, 9.17) is 15.0 Å². The molecule has 0 spiro atoms. The summed E-state index contributed by atoms with van der Waals surface area (Å²) >= 11 is -3.54. The molecular formula is C10H17NO3Sn. The number of rotatable bonds is 5. The van der Waals surface area contributed by atoms with E-state index in [0.29, 0.717) is 6.54 Å². The molecule has 0 aromatic heterocycles. The van der Waals surface area contributed by atoms with Crippen molar-refractivity contribution < 1.29 is 9.22 Å². The molecule has 0 amide bonds. The summed E-state index contributed by atoms with van der Waals surface area (Å²) in [4.78, 5) is 0. The summed E-state index contributed by atoms with van der Waals surface area (Å²) in [6, 6.07) is 7.83. The van der Waals surface area contributed by atoms with E-state index in [1.807, 2.05) is 24.3 Å². The standard InChI is InChI=1S/C7H8N.3CH3O.Sn/c8-6-7-4-2-1-3-5-7;3*1-2;/h1-4H,6,8H2;3*1H3;/q;3*-1;+3. The van der Waals surface area contributed by atoms with Gasteiger partial charge >= 0.3 is 95.9 Å². The molecule has 0 radical (unpaired) electrons. The van der Waals surface area contributed by atoms with E-state index in [9.17, 15) is 0 Å². The van der Waals surface area contributed by atoms with Crippen LogP contribution in [0.4, 0.5) is 0 Å². The van der Waals surface area contributed by atoms with Gasteiger partial charge in [0.1, 0.15) is 0 Å². The Hall–Kier alpha value is -0.141. The fourth-order valence-electron chi connectivity index (χ4n) is 1.58. The van der Waals surface area contributed by atoms with Gasteiger partial charge in [-0.05, 0) is 0 Å². The first-order valence-electron chi connectivity index (χ1n) is 4.68. The predicted octanol–water partition coefficient (Wildman–Crippen LogP) is 0.230. The molecule has 0 saturated heterocycles. The summed E-state index contributed by atoms with van der Waals surface area (Å²) in [5, 5.41) is 0. The monoisotopic (exact) mass is 319 g/mol. The van der Waals surface area contributed by atoms with Crippen molar-refractivity contribution in [2.24, 2.45) is 5.73 Å². The molecule has 0 bridgehead atoms. The Morgan fingerprint density at radius 3 is 2.07 bits per heavy atom. The minimum atomic E-state index is -3.54. The van der Waals surface area contributed by atoms with Crippen LogP contribution >= 0.6 is 0 Å². The van der Waals surface area contributed by atoms with Crippen LogP contribution in [0.25, 0.3) is 0 Å². The van der Waals surface area contributed by atoms with Crippen molar-refractivity contribution in [2.75, 3.05) is 21.3 Å². The van der Waals surface area contributed by atoms with Gasteiger partial charge in [0.15, 0.2) is 0 Å². The van der Waals surface area contributed by atoms with Crippen molar-refractivity contribution in [3.05, 3.63) is 29.8 Å². The van der Waals surface area contributed by atoms with Crippen LogP contribution in [-0.2, 0) is 15.8 Å². The molecule has 0 aliphatic rings. The van der Waals surface area contributed by atoms with Gasteiger partial charge in [-0.15, -0.1) is 0 Å². The van der Waals surface area contributed by atoms with Gasteiger partial charge in [-0.1, -0.05) is 0 Å². The third-order valence-electron chi connectivity index (χ3n) is 2.37. The average Bonchev–Trinajstić information content (AvgIpc) is 2.33. The van der Waals surface area contributed by atoms with E-state index in [1.165, 1.54) is 0 Å². The summed E-state index contributed by atoms with van der Waals surface area (Å²) in [5.41, 5.74) is 6.71. The van der Waals surface area contributed by atoms with Crippen molar-refractivity contribution >= 4 is 23.2 Å².